The zero-order valence-electron chi connectivity index (χ0n) is 11.1. The molecule has 0 spiro atoms. The zero-order chi connectivity index (χ0) is 14.2. The van der Waals surface area contributed by atoms with E-state index in [4.69, 9.17) is 11.6 Å². The van der Waals surface area contributed by atoms with Crippen LogP contribution in [0.25, 0.3) is 16.7 Å². The Bertz CT molecular complexity index is 943. The maximum absolute atomic E-state index is 6.17. The van der Waals surface area contributed by atoms with Crippen LogP contribution >= 0.6 is 11.6 Å². The third kappa shape index (κ3) is 2.12. The summed E-state index contributed by atoms with van der Waals surface area (Å²) < 4.78 is 2.08. The van der Waals surface area contributed by atoms with Gasteiger partial charge >= 0.3 is 0 Å². The number of imidazole rings is 1. The molecular weight excluding hydrogens is 282 g/mol. The molecule has 21 heavy (non-hydrogen) atoms. The second-order valence-corrected chi connectivity index (χ2v) is 5.26. The van der Waals surface area contributed by atoms with E-state index in [2.05, 4.69) is 20.8 Å². The van der Waals surface area contributed by atoms with Crippen molar-refractivity contribution in [2.24, 2.45) is 0 Å². The number of nitrogens with zero attached hydrogens (tertiary/aromatic N) is 2. The van der Waals surface area contributed by atoms with E-state index < -0.39 is 0 Å². The standard InChI is InChI=1S/C17H12ClN3/c18-13-5-1-2-6-14(13)19-12-8-9-16-15(11-12)20-17-7-3-4-10-21(16)17/h1-11,19H. The first-order valence-electron chi connectivity index (χ1n) is 6.70. The fourth-order valence-electron chi connectivity index (χ4n) is 2.46. The molecule has 4 rings (SSSR count). The van der Waals surface area contributed by atoms with E-state index in [0.29, 0.717) is 5.02 Å². The van der Waals surface area contributed by atoms with Crippen molar-refractivity contribution in [2.75, 3.05) is 5.32 Å². The Morgan fingerprint density at radius 3 is 2.71 bits per heavy atom. The van der Waals surface area contributed by atoms with Gasteiger partial charge in [-0.3, -0.25) is 4.40 Å². The molecule has 3 nitrogen and oxygen atoms in total. The normalized spacial score (nSPS) is 11.1. The van der Waals surface area contributed by atoms with Crippen molar-refractivity contribution in [3.8, 4) is 0 Å². The first kappa shape index (κ1) is 12.2. The summed E-state index contributed by atoms with van der Waals surface area (Å²) >= 11 is 6.17. The molecule has 4 aromatic rings. The molecule has 2 heterocycles. The summed E-state index contributed by atoms with van der Waals surface area (Å²) in [5, 5.41) is 4.03. The minimum Gasteiger partial charge on any atom is -0.354 e. The second-order valence-electron chi connectivity index (χ2n) is 4.85. The van der Waals surface area contributed by atoms with Gasteiger partial charge in [0.05, 0.1) is 21.7 Å². The topological polar surface area (TPSA) is 29.3 Å². The molecule has 0 unspecified atom stereocenters. The zero-order valence-corrected chi connectivity index (χ0v) is 11.9. The summed E-state index contributed by atoms with van der Waals surface area (Å²) in [4.78, 5) is 4.63. The van der Waals surface area contributed by atoms with Crippen molar-refractivity contribution in [3.05, 3.63) is 71.9 Å². The van der Waals surface area contributed by atoms with Gasteiger partial charge in [-0.1, -0.05) is 29.8 Å². The van der Waals surface area contributed by atoms with Gasteiger partial charge in [-0.05, 0) is 42.5 Å². The lowest BCUT2D eigenvalue weighted by molar-refractivity contribution is 1.23. The van der Waals surface area contributed by atoms with E-state index in [1.54, 1.807) is 0 Å². The van der Waals surface area contributed by atoms with Crippen LogP contribution in [0.4, 0.5) is 11.4 Å². The molecule has 0 saturated carbocycles. The van der Waals surface area contributed by atoms with Crippen LogP contribution < -0.4 is 5.32 Å². The van der Waals surface area contributed by atoms with Crippen LogP contribution in [0.15, 0.2) is 66.9 Å². The van der Waals surface area contributed by atoms with E-state index >= 15 is 0 Å². The number of para-hydroxylation sites is 1. The van der Waals surface area contributed by atoms with Crippen LogP contribution in [0.1, 0.15) is 0 Å². The fraction of sp³-hybridized carbons (Fsp3) is 0. The Morgan fingerprint density at radius 2 is 1.81 bits per heavy atom. The molecule has 0 saturated heterocycles. The minimum atomic E-state index is 0.701. The predicted molar refractivity (Wildman–Crippen MR) is 87.4 cm³/mol. The molecule has 0 amide bonds. The number of halogens is 1. The molecule has 0 atom stereocenters. The Labute approximate surface area is 126 Å². The molecular formula is C17H12ClN3. The molecule has 0 aliphatic rings. The largest absolute Gasteiger partial charge is 0.354 e. The Balaban J connectivity index is 1.80. The Kier molecular flexibility index (Phi) is 2.79. The number of hydrogen-bond donors (Lipinski definition) is 1. The molecule has 0 aliphatic carbocycles. The van der Waals surface area contributed by atoms with E-state index in [-0.39, 0.29) is 0 Å². The summed E-state index contributed by atoms with van der Waals surface area (Å²) in [7, 11) is 0. The molecule has 1 N–H and O–H groups in total. The number of rotatable bonds is 2. The van der Waals surface area contributed by atoms with Gasteiger partial charge in [-0.15, -0.1) is 0 Å². The first-order chi connectivity index (χ1) is 10.3. The van der Waals surface area contributed by atoms with E-state index in [1.165, 1.54) is 0 Å². The number of benzene rings is 2. The molecule has 102 valence electrons. The number of hydrogen-bond acceptors (Lipinski definition) is 2. The molecule has 0 fully saturated rings. The Morgan fingerprint density at radius 1 is 0.952 bits per heavy atom. The number of fused-ring (bicyclic) bond motifs is 3. The highest BCUT2D eigenvalue weighted by molar-refractivity contribution is 6.33. The molecule has 0 aliphatic heterocycles. The van der Waals surface area contributed by atoms with Crippen LogP contribution in [0.2, 0.25) is 5.02 Å². The molecule has 2 aromatic heterocycles. The average molecular weight is 294 g/mol. The number of pyridine rings is 1. The van der Waals surface area contributed by atoms with Gasteiger partial charge in [0, 0.05) is 11.9 Å². The first-order valence-corrected chi connectivity index (χ1v) is 7.07. The summed E-state index contributed by atoms with van der Waals surface area (Å²) in [5.74, 6) is 0. The smallest absolute Gasteiger partial charge is 0.137 e. The van der Waals surface area contributed by atoms with Crippen LogP contribution in [-0.4, -0.2) is 9.38 Å². The highest BCUT2D eigenvalue weighted by atomic mass is 35.5. The van der Waals surface area contributed by atoms with Crippen molar-refractivity contribution < 1.29 is 0 Å². The Hall–Kier alpha value is -2.52. The maximum Gasteiger partial charge on any atom is 0.137 e. The van der Waals surface area contributed by atoms with Crippen LogP contribution in [0.5, 0.6) is 0 Å². The summed E-state index contributed by atoms with van der Waals surface area (Å²) in [5.41, 5.74) is 4.86. The van der Waals surface area contributed by atoms with Gasteiger partial charge in [-0.2, -0.15) is 0 Å². The van der Waals surface area contributed by atoms with Crippen LogP contribution in [0, 0.1) is 0 Å². The minimum absolute atomic E-state index is 0.701. The van der Waals surface area contributed by atoms with Crippen molar-refractivity contribution in [3.63, 3.8) is 0 Å². The summed E-state index contributed by atoms with van der Waals surface area (Å²) in [6.07, 6.45) is 2.02. The molecule has 0 radical (unpaired) electrons. The number of nitrogens with one attached hydrogen (secondary N) is 1. The predicted octanol–water partition coefficient (Wildman–Crippen LogP) is 4.88. The quantitative estimate of drug-likeness (QED) is 0.570. The van der Waals surface area contributed by atoms with Gasteiger partial charge in [0.1, 0.15) is 5.65 Å². The highest BCUT2D eigenvalue weighted by Gasteiger charge is 2.05. The third-order valence-electron chi connectivity index (χ3n) is 3.46. The SMILES string of the molecule is Clc1ccccc1Nc1ccc2c(c1)nc1ccccn12. The fourth-order valence-corrected chi connectivity index (χ4v) is 2.65. The molecule has 2 aromatic carbocycles. The number of anilines is 2. The van der Waals surface area contributed by atoms with E-state index in [1.807, 2.05) is 60.8 Å². The molecule has 4 heteroatoms. The van der Waals surface area contributed by atoms with Gasteiger partial charge in [0.25, 0.3) is 0 Å². The van der Waals surface area contributed by atoms with Crippen molar-refractivity contribution >= 4 is 39.7 Å². The monoisotopic (exact) mass is 293 g/mol. The van der Waals surface area contributed by atoms with Crippen molar-refractivity contribution in [2.45, 2.75) is 0 Å². The highest BCUT2D eigenvalue weighted by Crippen LogP contribution is 2.27. The summed E-state index contributed by atoms with van der Waals surface area (Å²) in [6, 6.07) is 19.8. The molecule has 0 bridgehead atoms. The lowest BCUT2D eigenvalue weighted by Gasteiger charge is -2.07. The summed E-state index contributed by atoms with van der Waals surface area (Å²) in [6.45, 7) is 0. The van der Waals surface area contributed by atoms with Crippen LogP contribution in [0.3, 0.4) is 0 Å². The lowest BCUT2D eigenvalue weighted by Crippen LogP contribution is -1.91. The number of aromatic nitrogens is 2. The van der Waals surface area contributed by atoms with Gasteiger partial charge < -0.3 is 5.32 Å². The van der Waals surface area contributed by atoms with E-state index in [0.717, 1.165) is 28.1 Å². The van der Waals surface area contributed by atoms with Crippen LogP contribution in [-0.2, 0) is 0 Å². The van der Waals surface area contributed by atoms with E-state index in [9.17, 15) is 0 Å². The van der Waals surface area contributed by atoms with Gasteiger partial charge in [-0.25, -0.2) is 4.98 Å². The van der Waals surface area contributed by atoms with Gasteiger partial charge in [0.2, 0.25) is 0 Å². The maximum atomic E-state index is 6.17. The van der Waals surface area contributed by atoms with Crippen molar-refractivity contribution in [1.82, 2.24) is 9.38 Å². The average Bonchev–Trinajstić information content (AvgIpc) is 2.87. The lowest BCUT2D eigenvalue weighted by atomic mass is 10.2. The van der Waals surface area contributed by atoms with Crippen molar-refractivity contribution in [1.29, 1.82) is 0 Å². The third-order valence-corrected chi connectivity index (χ3v) is 3.79. The second kappa shape index (κ2) is 4.79. The van der Waals surface area contributed by atoms with Gasteiger partial charge in [0.15, 0.2) is 0 Å².